The molecule has 0 radical (unpaired) electrons. The number of aromatic nitrogens is 4. The Hall–Kier alpha value is -3.61. The third-order valence-electron chi connectivity index (χ3n) is 6.40. The van der Waals surface area contributed by atoms with E-state index in [2.05, 4.69) is 52.5 Å². The molecule has 1 aliphatic rings. The van der Waals surface area contributed by atoms with Crippen LogP contribution in [0.5, 0.6) is 0 Å². The Balaban J connectivity index is 1.52. The number of rotatable bonds is 3. The van der Waals surface area contributed by atoms with E-state index in [1.165, 1.54) is 0 Å². The molecule has 0 atom stereocenters. The van der Waals surface area contributed by atoms with Crippen molar-refractivity contribution >= 4 is 16.7 Å². The highest BCUT2D eigenvalue weighted by molar-refractivity contribution is 5.90. The second kappa shape index (κ2) is 6.69. The molecule has 3 heterocycles. The Morgan fingerprint density at radius 3 is 2.44 bits per heavy atom. The van der Waals surface area contributed by atoms with Crippen LogP contribution in [0.2, 0.25) is 0 Å². The molecule has 1 saturated carbocycles. The summed E-state index contributed by atoms with van der Waals surface area (Å²) in [6, 6.07) is 22.5. The monoisotopic (exact) mass is 421 g/mol. The van der Waals surface area contributed by atoms with E-state index in [0.29, 0.717) is 12.8 Å². The molecule has 0 aliphatic heterocycles. The molecule has 32 heavy (non-hydrogen) atoms. The molecular formula is C26H23N5O. The summed E-state index contributed by atoms with van der Waals surface area (Å²) in [4.78, 5) is 9.56. The minimum Gasteiger partial charge on any atom is -0.390 e. The molecule has 1 fully saturated rings. The second-order valence-electron chi connectivity index (χ2n) is 9.11. The summed E-state index contributed by atoms with van der Waals surface area (Å²) >= 11 is 0. The Kier molecular flexibility index (Phi) is 4.00. The predicted molar refractivity (Wildman–Crippen MR) is 125 cm³/mol. The van der Waals surface area contributed by atoms with Crippen LogP contribution in [0.3, 0.4) is 0 Å². The molecule has 5 aromatic rings. The zero-order valence-electron chi connectivity index (χ0n) is 17.7. The molecule has 6 heteroatoms. The van der Waals surface area contributed by atoms with Gasteiger partial charge in [0, 0.05) is 34.3 Å². The lowest BCUT2D eigenvalue weighted by Crippen LogP contribution is -2.58. The van der Waals surface area contributed by atoms with E-state index >= 15 is 0 Å². The summed E-state index contributed by atoms with van der Waals surface area (Å²) in [7, 11) is 0. The second-order valence-corrected chi connectivity index (χ2v) is 9.11. The number of benzene rings is 2. The van der Waals surface area contributed by atoms with Gasteiger partial charge in [-0.2, -0.15) is 9.61 Å². The molecule has 3 aromatic heterocycles. The van der Waals surface area contributed by atoms with Crippen LogP contribution in [0, 0.1) is 0 Å². The molecule has 3 N–H and O–H groups in total. The van der Waals surface area contributed by atoms with Gasteiger partial charge in [0.05, 0.1) is 17.5 Å². The molecule has 0 saturated heterocycles. The van der Waals surface area contributed by atoms with Gasteiger partial charge in [-0.3, -0.25) is 0 Å². The highest BCUT2D eigenvalue weighted by atomic mass is 16.3. The number of nitrogens with zero attached hydrogens (tertiary/aromatic N) is 4. The lowest BCUT2D eigenvalue weighted by Gasteiger charge is -2.49. The summed E-state index contributed by atoms with van der Waals surface area (Å²) in [6.45, 7) is 1.84. The van der Waals surface area contributed by atoms with Crippen molar-refractivity contribution in [2.75, 3.05) is 0 Å². The average Bonchev–Trinajstić information content (AvgIpc) is 3.27. The highest BCUT2D eigenvalue weighted by Gasteiger charge is 2.49. The molecule has 158 valence electrons. The van der Waals surface area contributed by atoms with Gasteiger partial charge in [-0.1, -0.05) is 54.6 Å². The van der Waals surface area contributed by atoms with Crippen LogP contribution in [0.1, 0.15) is 25.3 Å². The van der Waals surface area contributed by atoms with Crippen molar-refractivity contribution in [3.05, 3.63) is 84.7 Å². The predicted octanol–water partition coefficient (Wildman–Crippen LogP) is 4.31. The normalized spacial score (nSPS) is 22.8. The van der Waals surface area contributed by atoms with Gasteiger partial charge in [-0.15, -0.1) is 0 Å². The highest BCUT2D eigenvalue weighted by Crippen LogP contribution is 2.46. The molecule has 0 amide bonds. The minimum atomic E-state index is -0.684. The van der Waals surface area contributed by atoms with E-state index in [1.54, 1.807) is 10.7 Å². The van der Waals surface area contributed by atoms with Gasteiger partial charge < -0.3 is 10.8 Å². The van der Waals surface area contributed by atoms with Crippen molar-refractivity contribution in [2.45, 2.75) is 30.9 Å². The number of nitrogens with two attached hydrogens (primary N) is 1. The molecule has 0 unspecified atom stereocenters. The first-order valence-electron chi connectivity index (χ1n) is 10.7. The third kappa shape index (κ3) is 2.99. The topological polar surface area (TPSA) is 89.3 Å². The van der Waals surface area contributed by atoms with Crippen molar-refractivity contribution in [3.63, 3.8) is 0 Å². The first-order chi connectivity index (χ1) is 15.4. The Bertz CT molecular complexity index is 1450. The molecule has 6 nitrogen and oxygen atoms in total. The summed E-state index contributed by atoms with van der Waals surface area (Å²) in [6.07, 6.45) is 4.71. The minimum absolute atomic E-state index is 0.478. The fourth-order valence-electron chi connectivity index (χ4n) is 5.01. The summed E-state index contributed by atoms with van der Waals surface area (Å²) in [5.74, 6) is 0. The zero-order valence-corrected chi connectivity index (χ0v) is 17.7. The quantitative estimate of drug-likeness (QED) is 0.453. The van der Waals surface area contributed by atoms with Crippen molar-refractivity contribution in [3.8, 4) is 22.4 Å². The Morgan fingerprint density at radius 1 is 0.969 bits per heavy atom. The van der Waals surface area contributed by atoms with E-state index in [1.807, 2.05) is 37.4 Å². The van der Waals surface area contributed by atoms with Crippen LogP contribution in [-0.4, -0.2) is 30.3 Å². The maximum atomic E-state index is 10.2. The number of hydrogen-bond acceptors (Lipinski definition) is 5. The Labute approximate surface area is 185 Å². The van der Waals surface area contributed by atoms with Gasteiger partial charge in [0.2, 0.25) is 0 Å². The maximum absolute atomic E-state index is 10.2. The lowest BCUT2D eigenvalue weighted by molar-refractivity contribution is -0.0738. The first-order valence-corrected chi connectivity index (χ1v) is 10.7. The molecular weight excluding hydrogens is 398 g/mol. The van der Waals surface area contributed by atoms with Crippen LogP contribution < -0.4 is 5.73 Å². The molecule has 0 spiro atoms. The van der Waals surface area contributed by atoms with Crippen LogP contribution in [0.15, 0.2) is 79.1 Å². The Morgan fingerprint density at radius 2 is 1.72 bits per heavy atom. The first kappa shape index (κ1) is 19.1. The number of pyridine rings is 1. The van der Waals surface area contributed by atoms with Gasteiger partial charge in [-0.05, 0) is 37.0 Å². The summed E-state index contributed by atoms with van der Waals surface area (Å²) < 4.78 is 1.77. The van der Waals surface area contributed by atoms with E-state index in [4.69, 9.17) is 10.7 Å². The van der Waals surface area contributed by atoms with E-state index < -0.39 is 11.1 Å². The van der Waals surface area contributed by atoms with E-state index in [9.17, 15) is 5.11 Å². The van der Waals surface area contributed by atoms with Crippen molar-refractivity contribution in [2.24, 2.45) is 5.73 Å². The molecule has 1 aliphatic carbocycles. The van der Waals surface area contributed by atoms with Crippen molar-refractivity contribution in [1.82, 2.24) is 19.6 Å². The number of aliphatic hydroxyl groups is 1. The van der Waals surface area contributed by atoms with E-state index in [-0.39, 0.29) is 0 Å². The van der Waals surface area contributed by atoms with Crippen LogP contribution in [0.4, 0.5) is 0 Å². The van der Waals surface area contributed by atoms with Gasteiger partial charge >= 0.3 is 0 Å². The summed E-state index contributed by atoms with van der Waals surface area (Å²) in [5.41, 5.74) is 12.0. The van der Waals surface area contributed by atoms with Gasteiger partial charge in [0.1, 0.15) is 0 Å². The largest absolute Gasteiger partial charge is 0.390 e. The smallest absolute Gasteiger partial charge is 0.165 e. The van der Waals surface area contributed by atoms with Gasteiger partial charge in [0.25, 0.3) is 0 Å². The lowest BCUT2D eigenvalue weighted by atomic mass is 9.63. The maximum Gasteiger partial charge on any atom is 0.165 e. The number of fused-ring (bicyclic) bond motifs is 3. The fraction of sp³-hybridized carbons (Fsp3) is 0.192. The molecule has 0 bridgehead atoms. The van der Waals surface area contributed by atoms with Crippen LogP contribution >= 0.6 is 0 Å². The standard InChI is InChI=1S/C26H23N5O/c1-25(32)15-26(27,16-25)20-9-7-18(8-10-20)23-21(17-5-3-2-4-6-17)13-19-14-28-22-11-12-29-31(22)24(19)30-23/h2-14,32H,15-16,27H2,1H3/t25-,26-. The fourth-order valence-corrected chi connectivity index (χ4v) is 5.01. The molecule has 6 rings (SSSR count). The SMILES string of the molecule is C[C@]1(O)C[C@@](N)(c2ccc(-c3nc4c(cnc5ccnn54)cc3-c3ccccc3)cc2)C1. The zero-order chi connectivity index (χ0) is 21.9. The van der Waals surface area contributed by atoms with Crippen LogP contribution in [0.25, 0.3) is 39.1 Å². The summed E-state index contributed by atoms with van der Waals surface area (Å²) in [5, 5.41) is 15.5. The van der Waals surface area contributed by atoms with Crippen molar-refractivity contribution < 1.29 is 5.11 Å². The van der Waals surface area contributed by atoms with Gasteiger partial charge in [0.15, 0.2) is 11.3 Å². The average molecular weight is 422 g/mol. The molecule has 2 aromatic carbocycles. The van der Waals surface area contributed by atoms with Crippen LogP contribution in [-0.2, 0) is 5.54 Å². The van der Waals surface area contributed by atoms with Gasteiger partial charge in [-0.25, -0.2) is 9.97 Å². The van der Waals surface area contributed by atoms with E-state index in [0.717, 1.165) is 44.6 Å². The third-order valence-corrected chi connectivity index (χ3v) is 6.40. The van der Waals surface area contributed by atoms with Crippen molar-refractivity contribution in [1.29, 1.82) is 0 Å². The number of hydrogen-bond donors (Lipinski definition) is 2.